The van der Waals surface area contributed by atoms with Crippen LogP contribution in [-0.2, 0) is 14.8 Å². The Labute approximate surface area is 184 Å². The van der Waals surface area contributed by atoms with E-state index in [9.17, 15) is 18.0 Å². The third-order valence-electron chi connectivity index (χ3n) is 4.64. The molecule has 7 nitrogen and oxygen atoms in total. The minimum atomic E-state index is -3.49. The van der Waals surface area contributed by atoms with Crippen LogP contribution < -0.4 is 14.9 Å². The number of aryl methyl sites for hydroxylation is 2. The van der Waals surface area contributed by atoms with E-state index < -0.39 is 10.0 Å². The Hall–Kier alpha value is -2.87. The van der Waals surface area contributed by atoms with Crippen molar-refractivity contribution in [3.63, 3.8) is 0 Å². The average molecular weight is 446 g/mol. The van der Waals surface area contributed by atoms with Gasteiger partial charge in [-0.15, -0.1) is 0 Å². The van der Waals surface area contributed by atoms with Crippen molar-refractivity contribution in [1.82, 2.24) is 5.32 Å². The van der Waals surface area contributed by atoms with Gasteiger partial charge in [-0.2, -0.15) is 0 Å². The summed E-state index contributed by atoms with van der Waals surface area (Å²) < 4.78 is 25.9. The molecule has 168 valence electrons. The number of rotatable bonds is 10. The summed E-state index contributed by atoms with van der Waals surface area (Å²) >= 11 is 0. The summed E-state index contributed by atoms with van der Waals surface area (Å²) in [6.45, 7) is 6.54. The normalized spacial score (nSPS) is 11.1. The molecule has 2 aromatic rings. The van der Waals surface area contributed by atoms with Gasteiger partial charge in [-0.05, 0) is 62.1 Å². The van der Waals surface area contributed by atoms with Crippen LogP contribution in [0.2, 0.25) is 0 Å². The molecule has 0 heterocycles. The van der Waals surface area contributed by atoms with Gasteiger partial charge in [0.1, 0.15) is 0 Å². The number of carbonyl (C=O) groups excluding carboxylic acids is 2. The highest BCUT2D eigenvalue weighted by Gasteiger charge is 2.19. The molecule has 0 atom stereocenters. The van der Waals surface area contributed by atoms with Crippen molar-refractivity contribution in [3.8, 4) is 0 Å². The number of hydrogen-bond donors (Lipinski definition) is 2. The molecule has 8 heteroatoms. The lowest BCUT2D eigenvalue weighted by Crippen LogP contribution is -2.31. The molecule has 0 aliphatic heterocycles. The van der Waals surface area contributed by atoms with E-state index in [-0.39, 0.29) is 24.8 Å². The first-order valence-electron chi connectivity index (χ1n) is 10.3. The van der Waals surface area contributed by atoms with Gasteiger partial charge in [-0.25, -0.2) is 8.42 Å². The molecule has 2 aromatic carbocycles. The van der Waals surface area contributed by atoms with Crippen molar-refractivity contribution >= 4 is 33.2 Å². The Bertz CT molecular complexity index is 1010. The van der Waals surface area contributed by atoms with Crippen LogP contribution in [0.25, 0.3) is 0 Å². The van der Waals surface area contributed by atoms with Crippen molar-refractivity contribution in [1.29, 1.82) is 0 Å². The second-order valence-electron chi connectivity index (χ2n) is 7.63. The van der Waals surface area contributed by atoms with E-state index >= 15 is 0 Å². The van der Waals surface area contributed by atoms with Gasteiger partial charge in [-0.3, -0.25) is 13.9 Å². The standard InChI is InChI=1S/C23H31N3O4S/c1-5-12-24-23(28)20-9-6-7-10-21(20)25-22(27)11-8-13-26(31(4,29)30)19-15-17(2)14-18(3)16-19/h6-7,9-10,14-16H,5,8,11-13H2,1-4H3,(H,24,28)(H,25,27). The topological polar surface area (TPSA) is 95.6 Å². The molecule has 0 aliphatic carbocycles. The number of benzene rings is 2. The van der Waals surface area contributed by atoms with Gasteiger partial charge in [0.05, 0.1) is 23.2 Å². The Morgan fingerprint density at radius 2 is 1.68 bits per heavy atom. The van der Waals surface area contributed by atoms with Crippen LogP contribution in [0.1, 0.15) is 47.7 Å². The van der Waals surface area contributed by atoms with E-state index in [1.165, 1.54) is 4.31 Å². The number of para-hydroxylation sites is 1. The Kier molecular flexibility index (Phi) is 8.62. The largest absolute Gasteiger partial charge is 0.352 e. The highest BCUT2D eigenvalue weighted by Crippen LogP contribution is 2.22. The van der Waals surface area contributed by atoms with Crippen molar-refractivity contribution in [2.45, 2.75) is 40.0 Å². The molecule has 0 aliphatic rings. The van der Waals surface area contributed by atoms with Crippen LogP contribution in [0, 0.1) is 13.8 Å². The number of amides is 2. The van der Waals surface area contributed by atoms with Gasteiger partial charge < -0.3 is 10.6 Å². The second-order valence-corrected chi connectivity index (χ2v) is 9.54. The molecule has 0 bridgehead atoms. The molecule has 2 rings (SSSR count). The van der Waals surface area contributed by atoms with Crippen LogP contribution in [0.15, 0.2) is 42.5 Å². The average Bonchev–Trinajstić information content (AvgIpc) is 2.68. The van der Waals surface area contributed by atoms with Gasteiger partial charge in [-0.1, -0.05) is 25.1 Å². The molecule has 0 fully saturated rings. The third-order valence-corrected chi connectivity index (χ3v) is 5.84. The quantitative estimate of drug-likeness (QED) is 0.584. The van der Waals surface area contributed by atoms with E-state index in [4.69, 9.17) is 0 Å². The molecule has 31 heavy (non-hydrogen) atoms. The molecule has 0 radical (unpaired) electrons. The maximum Gasteiger partial charge on any atom is 0.253 e. The lowest BCUT2D eigenvalue weighted by Gasteiger charge is -2.23. The zero-order valence-corrected chi connectivity index (χ0v) is 19.4. The fourth-order valence-electron chi connectivity index (χ4n) is 3.30. The minimum absolute atomic E-state index is 0.127. The Balaban J connectivity index is 2.03. The summed E-state index contributed by atoms with van der Waals surface area (Å²) in [5, 5.41) is 5.57. The highest BCUT2D eigenvalue weighted by molar-refractivity contribution is 7.92. The predicted octanol–water partition coefficient (Wildman–Crippen LogP) is 3.63. The van der Waals surface area contributed by atoms with Crippen LogP contribution in [0.3, 0.4) is 0 Å². The molecule has 0 saturated carbocycles. The summed E-state index contributed by atoms with van der Waals surface area (Å²) in [6, 6.07) is 12.4. The van der Waals surface area contributed by atoms with Gasteiger partial charge in [0.15, 0.2) is 0 Å². The van der Waals surface area contributed by atoms with Crippen molar-refractivity contribution in [2.24, 2.45) is 0 Å². The highest BCUT2D eigenvalue weighted by atomic mass is 32.2. The summed E-state index contributed by atoms with van der Waals surface area (Å²) in [6.07, 6.45) is 2.45. The van der Waals surface area contributed by atoms with Gasteiger partial charge in [0, 0.05) is 19.5 Å². The van der Waals surface area contributed by atoms with Gasteiger partial charge in [0.25, 0.3) is 5.91 Å². The number of nitrogens with one attached hydrogen (secondary N) is 2. The Morgan fingerprint density at radius 3 is 2.29 bits per heavy atom. The number of carbonyl (C=O) groups is 2. The zero-order valence-electron chi connectivity index (χ0n) is 18.6. The second kappa shape index (κ2) is 10.9. The molecular weight excluding hydrogens is 414 g/mol. The molecule has 2 N–H and O–H groups in total. The van der Waals surface area contributed by atoms with Gasteiger partial charge >= 0.3 is 0 Å². The van der Waals surface area contributed by atoms with E-state index in [0.717, 1.165) is 23.8 Å². The third kappa shape index (κ3) is 7.40. The molecule has 2 amide bonds. The zero-order chi connectivity index (χ0) is 23.0. The predicted molar refractivity (Wildman–Crippen MR) is 125 cm³/mol. The first-order chi connectivity index (χ1) is 14.6. The first kappa shape index (κ1) is 24.4. The van der Waals surface area contributed by atoms with Crippen LogP contribution in [0.5, 0.6) is 0 Å². The lowest BCUT2D eigenvalue weighted by atomic mass is 10.1. The summed E-state index contributed by atoms with van der Waals surface area (Å²) in [7, 11) is -3.49. The van der Waals surface area contributed by atoms with Crippen molar-refractivity contribution in [2.75, 3.05) is 29.0 Å². The number of sulfonamides is 1. The fraction of sp³-hybridized carbons (Fsp3) is 0.391. The minimum Gasteiger partial charge on any atom is -0.352 e. The lowest BCUT2D eigenvalue weighted by molar-refractivity contribution is -0.116. The number of anilines is 2. The molecule has 0 spiro atoms. The van der Waals surface area contributed by atoms with Crippen LogP contribution >= 0.6 is 0 Å². The van der Waals surface area contributed by atoms with Crippen LogP contribution in [0.4, 0.5) is 11.4 Å². The fourth-order valence-corrected chi connectivity index (χ4v) is 4.25. The summed E-state index contributed by atoms with van der Waals surface area (Å²) in [5.74, 6) is -0.513. The molecular formula is C23H31N3O4S. The van der Waals surface area contributed by atoms with E-state index in [1.807, 2.05) is 39.0 Å². The SMILES string of the molecule is CCCNC(=O)c1ccccc1NC(=O)CCCN(c1cc(C)cc(C)c1)S(C)(=O)=O. The molecule has 0 unspecified atom stereocenters. The summed E-state index contributed by atoms with van der Waals surface area (Å²) in [5.41, 5.74) is 3.38. The van der Waals surface area contributed by atoms with E-state index in [0.29, 0.717) is 29.9 Å². The molecule has 0 saturated heterocycles. The Morgan fingerprint density at radius 1 is 1.03 bits per heavy atom. The first-order valence-corrected chi connectivity index (χ1v) is 12.2. The number of hydrogen-bond acceptors (Lipinski definition) is 4. The van der Waals surface area contributed by atoms with Crippen molar-refractivity contribution < 1.29 is 18.0 Å². The van der Waals surface area contributed by atoms with E-state index in [2.05, 4.69) is 10.6 Å². The monoisotopic (exact) mass is 445 g/mol. The number of nitrogens with zero attached hydrogens (tertiary/aromatic N) is 1. The molecule has 0 aromatic heterocycles. The van der Waals surface area contributed by atoms with Gasteiger partial charge in [0.2, 0.25) is 15.9 Å². The van der Waals surface area contributed by atoms with Crippen LogP contribution in [-0.4, -0.2) is 39.6 Å². The summed E-state index contributed by atoms with van der Waals surface area (Å²) in [4.78, 5) is 24.8. The van der Waals surface area contributed by atoms with Crippen molar-refractivity contribution in [3.05, 3.63) is 59.2 Å². The maximum atomic E-state index is 12.5. The van der Waals surface area contributed by atoms with E-state index in [1.54, 1.807) is 24.3 Å². The smallest absolute Gasteiger partial charge is 0.253 e. The maximum absolute atomic E-state index is 12.5.